The van der Waals surface area contributed by atoms with Crippen molar-refractivity contribution in [2.24, 2.45) is 7.05 Å². The third kappa shape index (κ3) is 3.32. The van der Waals surface area contributed by atoms with E-state index in [-0.39, 0.29) is 13.1 Å². The zero-order valence-electron chi connectivity index (χ0n) is 13.8. The van der Waals surface area contributed by atoms with Crippen molar-refractivity contribution < 1.29 is 19.5 Å². The van der Waals surface area contributed by atoms with Crippen LogP contribution in [0.2, 0.25) is 0 Å². The summed E-state index contributed by atoms with van der Waals surface area (Å²) in [5.74, 6) is -1.35. The molecule has 2 heterocycles. The van der Waals surface area contributed by atoms with Crippen LogP contribution in [0, 0.1) is 0 Å². The van der Waals surface area contributed by atoms with Gasteiger partial charge in [0.2, 0.25) is 5.91 Å². The number of aliphatic hydroxyl groups excluding tert-OH is 1. The van der Waals surface area contributed by atoms with Gasteiger partial charge in [-0.25, -0.2) is 0 Å². The number of hydrogen-bond donors (Lipinski definition) is 2. The number of amides is 3. The fourth-order valence-corrected chi connectivity index (χ4v) is 2.90. The van der Waals surface area contributed by atoms with E-state index < -0.39 is 23.8 Å². The summed E-state index contributed by atoms with van der Waals surface area (Å²) < 4.78 is 1.81. The number of aromatic nitrogens is 1. The molecule has 1 aromatic heterocycles. The van der Waals surface area contributed by atoms with E-state index in [4.69, 9.17) is 0 Å². The standard InChI is InChI=1S/C18H19N3O4/c1-20-10-4-7-14(20)15(22)8-9-19-16(23)11-21-17(24)12-5-2-3-6-13(12)18(21)25/h2-7,10,15,22H,8-9,11H2,1H3,(H,19,23). The van der Waals surface area contributed by atoms with Gasteiger partial charge in [0.15, 0.2) is 0 Å². The molecule has 3 rings (SSSR count). The van der Waals surface area contributed by atoms with Crippen LogP contribution in [0.3, 0.4) is 0 Å². The van der Waals surface area contributed by atoms with E-state index >= 15 is 0 Å². The second kappa shape index (κ2) is 6.90. The van der Waals surface area contributed by atoms with Gasteiger partial charge in [-0.1, -0.05) is 12.1 Å². The Morgan fingerprint density at radius 1 is 1.12 bits per heavy atom. The number of rotatable bonds is 6. The molecule has 0 spiro atoms. The molecule has 7 heteroatoms. The number of nitrogens with one attached hydrogen (secondary N) is 1. The molecule has 2 aromatic rings. The molecule has 0 saturated carbocycles. The lowest BCUT2D eigenvalue weighted by Crippen LogP contribution is -2.40. The highest BCUT2D eigenvalue weighted by atomic mass is 16.3. The van der Waals surface area contributed by atoms with E-state index in [0.29, 0.717) is 17.5 Å². The van der Waals surface area contributed by atoms with Gasteiger partial charge in [-0.15, -0.1) is 0 Å². The number of aryl methyl sites for hydroxylation is 1. The summed E-state index contributed by atoms with van der Waals surface area (Å²) in [6, 6.07) is 10.1. The Morgan fingerprint density at radius 3 is 2.32 bits per heavy atom. The number of nitrogens with zero attached hydrogens (tertiary/aromatic N) is 2. The minimum absolute atomic E-state index is 0.244. The van der Waals surface area contributed by atoms with Gasteiger partial charge < -0.3 is 15.0 Å². The maximum Gasteiger partial charge on any atom is 0.262 e. The molecule has 1 aliphatic rings. The number of carbonyl (C=O) groups excluding carboxylic acids is 3. The molecule has 0 aliphatic carbocycles. The van der Waals surface area contributed by atoms with Gasteiger partial charge in [0.25, 0.3) is 11.8 Å². The lowest BCUT2D eigenvalue weighted by molar-refractivity contribution is -0.121. The smallest absolute Gasteiger partial charge is 0.262 e. The van der Waals surface area contributed by atoms with Gasteiger partial charge in [-0.2, -0.15) is 0 Å². The zero-order valence-corrected chi connectivity index (χ0v) is 13.8. The molecule has 1 atom stereocenters. The van der Waals surface area contributed by atoms with Crippen molar-refractivity contribution in [3.05, 3.63) is 59.4 Å². The summed E-state index contributed by atoms with van der Waals surface area (Å²) >= 11 is 0. The van der Waals surface area contributed by atoms with E-state index in [2.05, 4.69) is 5.32 Å². The molecule has 130 valence electrons. The maximum absolute atomic E-state index is 12.2. The van der Waals surface area contributed by atoms with Crippen LogP contribution in [0.4, 0.5) is 0 Å². The number of carbonyl (C=O) groups is 3. The van der Waals surface area contributed by atoms with Crippen molar-refractivity contribution in [2.75, 3.05) is 13.1 Å². The van der Waals surface area contributed by atoms with Crippen LogP contribution < -0.4 is 5.32 Å². The highest BCUT2D eigenvalue weighted by Gasteiger charge is 2.36. The van der Waals surface area contributed by atoms with E-state index in [0.717, 1.165) is 10.6 Å². The number of benzene rings is 1. The predicted octanol–water partition coefficient (Wildman–Crippen LogP) is 0.861. The molecule has 0 fully saturated rings. The van der Waals surface area contributed by atoms with Gasteiger partial charge in [-0.3, -0.25) is 19.3 Å². The lowest BCUT2D eigenvalue weighted by atomic mass is 10.1. The van der Waals surface area contributed by atoms with Crippen molar-refractivity contribution in [1.82, 2.24) is 14.8 Å². The average molecular weight is 341 g/mol. The predicted molar refractivity (Wildman–Crippen MR) is 89.8 cm³/mol. The highest BCUT2D eigenvalue weighted by Crippen LogP contribution is 2.22. The third-order valence-corrected chi connectivity index (χ3v) is 4.25. The largest absolute Gasteiger partial charge is 0.387 e. The molecular formula is C18H19N3O4. The summed E-state index contributed by atoms with van der Waals surface area (Å²) in [6.45, 7) is -0.0824. The SMILES string of the molecule is Cn1cccc1C(O)CCNC(=O)CN1C(=O)c2ccccc2C1=O. The lowest BCUT2D eigenvalue weighted by Gasteiger charge is -2.15. The van der Waals surface area contributed by atoms with Gasteiger partial charge in [0.1, 0.15) is 6.54 Å². The number of hydrogen-bond acceptors (Lipinski definition) is 4. The summed E-state index contributed by atoms with van der Waals surface area (Å²) in [7, 11) is 1.83. The minimum Gasteiger partial charge on any atom is -0.387 e. The summed E-state index contributed by atoms with van der Waals surface area (Å²) in [4.78, 5) is 37.4. The van der Waals surface area contributed by atoms with Gasteiger partial charge in [0, 0.05) is 25.5 Å². The van der Waals surface area contributed by atoms with Crippen LogP contribution in [0.5, 0.6) is 0 Å². The molecule has 2 N–H and O–H groups in total. The Bertz CT molecular complexity index is 792. The monoisotopic (exact) mass is 341 g/mol. The van der Waals surface area contributed by atoms with Crippen molar-refractivity contribution in [1.29, 1.82) is 0 Å². The van der Waals surface area contributed by atoms with Crippen LogP contribution in [-0.4, -0.2) is 45.4 Å². The molecule has 25 heavy (non-hydrogen) atoms. The van der Waals surface area contributed by atoms with Crippen LogP contribution in [0.15, 0.2) is 42.6 Å². The quantitative estimate of drug-likeness (QED) is 0.763. The summed E-state index contributed by atoms with van der Waals surface area (Å²) in [5, 5.41) is 12.7. The zero-order chi connectivity index (χ0) is 18.0. The summed E-state index contributed by atoms with van der Waals surface area (Å²) in [6.07, 6.45) is 1.48. The van der Waals surface area contributed by atoms with Gasteiger partial charge in [-0.05, 0) is 30.7 Å². The van der Waals surface area contributed by atoms with Crippen LogP contribution in [0.25, 0.3) is 0 Å². The molecule has 7 nitrogen and oxygen atoms in total. The highest BCUT2D eigenvalue weighted by molar-refractivity contribution is 6.22. The molecule has 1 aromatic carbocycles. The fraction of sp³-hybridized carbons (Fsp3) is 0.278. The third-order valence-electron chi connectivity index (χ3n) is 4.25. The molecule has 0 bridgehead atoms. The van der Waals surface area contributed by atoms with Gasteiger partial charge in [0.05, 0.1) is 17.2 Å². The second-order valence-electron chi connectivity index (χ2n) is 5.94. The Morgan fingerprint density at radius 2 is 1.76 bits per heavy atom. The van der Waals surface area contributed by atoms with Gasteiger partial charge >= 0.3 is 0 Å². The molecule has 0 saturated heterocycles. The number of fused-ring (bicyclic) bond motifs is 1. The minimum atomic E-state index is -0.695. The Kier molecular flexibility index (Phi) is 4.67. The van der Waals surface area contributed by atoms with Crippen LogP contribution >= 0.6 is 0 Å². The van der Waals surface area contributed by atoms with Crippen molar-refractivity contribution in [3.8, 4) is 0 Å². The molecule has 3 amide bonds. The second-order valence-corrected chi connectivity index (χ2v) is 5.94. The first-order chi connectivity index (χ1) is 12.0. The van der Waals surface area contributed by atoms with Crippen molar-refractivity contribution in [3.63, 3.8) is 0 Å². The first kappa shape index (κ1) is 16.9. The normalized spacial score (nSPS) is 14.6. The van der Waals surface area contributed by atoms with E-state index in [1.165, 1.54) is 0 Å². The van der Waals surface area contributed by atoms with Crippen molar-refractivity contribution >= 4 is 17.7 Å². The molecule has 1 unspecified atom stereocenters. The first-order valence-corrected chi connectivity index (χ1v) is 8.00. The number of imide groups is 1. The molecule has 0 radical (unpaired) electrons. The maximum atomic E-state index is 12.2. The Labute approximate surface area is 144 Å². The topological polar surface area (TPSA) is 91.6 Å². The first-order valence-electron chi connectivity index (χ1n) is 8.00. The molecular weight excluding hydrogens is 322 g/mol. The van der Waals surface area contributed by atoms with Crippen molar-refractivity contribution in [2.45, 2.75) is 12.5 Å². The molecule has 1 aliphatic heterocycles. The van der Waals surface area contributed by atoms with E-state index in [1.807, 2.05) is 29.9 Å². The Balaban J connectivity index is 1.51. The fourth-order valence-electron chi connectivity index (χ4n) is 2.90. The van der Waals surface area contributed by atoms with Crippen LogP contribution in [-0.2, 0) is 11.8 Å². The van der Waals surface area contributed by atoms with E-state index in [9.17, 15) is 19.5 Å². The van der Waals surface area contributed by atoms with E-state index in [1.54, 1.807) is 24.3 Å². The number of aliphatic hydroxyl groups is 1. The summed E-state index contributed by atoms with van der Waals surface area (Å²) in [5.41, 5.74) is 1.40. The Hall–Kier alpha value is -2.93. The average Bonchev–Trinajstić information content (AvgIpc) is 3.13. The van der Waals surface area contributed by atoms with Crippen LogP contribution in [0.1, 0.15) is 38.9 Å².